The van der Waals surface area contributed by atoms with Gasteiger partial charge in [0.1, 0.15) is 18.5 Å². The minimum absolute atomic E-state index is 0.451. The molecule has 154 valence electrons. The Labute approximate surface area is 181 Å². The van der Waals surface area contributed by atoms with Crippen LogP contribution in [0.1, 0.15) is 29.4 Å². The van der Waals surface area contributed by atoms with Gasteiger partial charge >= 0.3 is 0 Å². The quantitative estimate of drug-likeness (QED) is 0.385. The molecule has 4 aromatic rings. The Morgan fingerprint density at radius 2 is 1.84 bits per heavy atom. The van der Waals surface area contributed by atoms with E-state index < -0.39 is 0 Å². The van der Waals surface area contributed by atoms with E-state index in [1.54, 1.807) is 6.08 Å². The number of nitrogens with zero attached hydrogens (tertiary/aromatic N) is 2. The van der Waals surface area contributed by atoms with Gasteiger partial charge in [0.15, 0.2) is 11.5 Å². The predicted octanol–water partition coefficient (Wildman–Crippen LogP) is 5.91. The van der Waals surface area contributed by atoms with Gasteiger partial charge in [0, 0.05) is 0 Å². The van der Waals surface area contributed by atoms with Crippen molar-refractivity contribution in [3.63, 3.8) is 0 Å². The first-order valence-corrected chi connectivity index (χ1v) is 10.2. The van der Waals surface area contributed by atoms with Crippen molar-refractivity contribution in [2.75, 3.05) is 6.61 Å². The number of aryl methyl sites for hydroxylation is 1. The predicted molar refractivity (Wildman–Crippen MR) is 123 cm³/mol. The van der Waals surface area contributed by atoms with Gasteiger partial charge in [-0.25, -0.2) is 4.98 Å². The summed E-state index contributed by atoms with van der Waals surface area (Å²) >= 11 is 0. The maximum atomic E-state index is 9.70. The number of allylic oxidation sites excluding steroid dienone is 1. The van der Waals surface area contributed by atoms with Gasteiger partial charge in [0.05, 0.1) is 23.2 Å². The summed E-state index contributed by atoms with van der Waals surface area (Å²) in [7, 11) is 0. The number of ether oxygens (including phenoxy) is 2. The third kappa shape index (κ3) is 4.59. The smallest absolute Gasteiger partial charge is 0.161 e. The molecule has 0 bridgehead atoms. The molecule has 4 rings (SSSR count). The van der Waals surface area contributed by atoms with Crippen LogP contribution in [0.3, 0.4) is 0 Å². The van der Waals surface area contributed by atoms with Crippen LogP contribution >= 0.6 is 0 Å². The van der Waals surface area contributed by atoms with Crippen LogP contribution in [0.4, 0.5) is 0 Å². The highest BCUT2D eigenvalue weighted by atomic mass is 16.5. The molecule has 1 aromatic heterocycles. The first-order chi connectivity index (χ1) is 15.2. The number of hydrogen-bond acceptors (Lipinski definition) is 4. The number of nitrogens with one attached hydrogen (secondary N) is 1. The lowest BCUT2D eigenvalue weighted by atomic mass is 10.1. The first kappa shape index (κ1) is 20.2. The Bertz CT molecular complexity index is 1250. The average molecular weight is 409 g/mol. The van der Waals surface area contributed by atoms with Crippen molar-refractivity contribution in [1.82, 2.24) is 9.97 Å². The van der Waals surface area contributed by atoms with Gasteiger partial charge in [-0.3, -0.25) is 0 Å². The van der Waals surface area contributed by atoms with E-state index in [2.05, 4.69) is 35.1 Å². The van der Waals surface area contributed by atoms with E-state index in [0.29, 0.717) is 36.1 Å². The lowest BCUT2D eigenvalue weighted by molar-refractivity contribution is 0.269. The molecule has 0 saturated carbocycles. The van der Waals surface area contributed by atoms with E-state index in [4.69, 9.17) is 9.47 Å². The molecular weight excluding hydrogens is 386 g/mol. The fourth-order valence-corrected chi connectivity index (χ4v) is 3.33. The molecule has 0 radical (unpaired) electrons. The van der Waals surface area contributed by atoms with Crippen LogP contribution < -0.4 is 9.47 Å². The first-order valence-electron chi connectivity index (χ1n) is 10.2. The number of rotatable bonds is 7. The molecule has 1 N–H and O–H groups in total. The van der Waals surface area contributed by atoms with Gasteiger partial charge < -0.3 is 14.5 Å². The van der Waals surface area contributed by atoms with Crippen molar-refractivity contribution in [2.45, 2.75) is 20.5 Å². The Morgan fingerprint density at radius 1 is 1.03 bits per heavy atom. The number of aromatic amines is 1. The van der Waals surface area contributed by atoms with Gasteiger partial charge in [-0.05, 0) is 60.9 Å². The van der Waals surface area contributed by atoms with Crippen LogP contribution in [0.2, 0.25) is 0 Å². The van der Waals surface area contributed by atoms with Gasteiger partial charge in [0.2, 0.25) is 0 Å². The highest BCUT2D eigenvalue weighted by molar-refractivity contribution is 5.90. The number of nitriles is 1. The molecular formula is C26H23N3O2. The van der Waals surface area contributed by atoms with E-state index >= 15 is 0 Å². The van der Waals surface area contributed by atoms with E-state index in [0.717, 1.165) is 22.2 Å². The molecule has 3 aromatic carbocycles. The standard InChI is InChI=1S/C26H23N3O2/c1-3-30-25-15-19(12-13-24(25)31-17-20-9-5-4-8-18(20)2)14-21(16-27)26-28-22-10-6-7-11-23(22)29-26/h4-15H,3,17H2,1-2H3,(H,28,29)/b21-14+. The number of fused-ring (bicyclic) bond motifs is 1. The van der Waals surface area contributed by atoms with Crippen LogP contribution in [0.5, 0.6) is 11.5 Å². The van der Waals surface area contributed by atoms with E-state index in [-0.39, 0.29) is 0 Å². The maximum Gasteiger partial charge on any atom is 0.161 e. The van der Waals surface area contributed by atoms with Crippen LogP contribution in [-0.2, 0) is 6.61 Å². The van der Waals surface area contributed by atoms with Gasteiger partial charge in [-0.1, -0.05) is 42.5 Å². The second kappa shape index (κ2) is 9.19. The lowest BCUT2D eigenvalue weighted by Gasteiger charge is -2.13. The van der Waals surface area contributed by atoms with Crippen LogP contribution in [0.15, 0.2) is 66.7 Å². The van der Waals surface area contributed by atoms with Crippen molar-refractivity contribution in [3.05, 3.63) is 89.2 Å². The SMILES string of the molecule is CCOc1cc(/C=C(\C#N)c2nc3ccccc3[nH]2)ccc1OCc1ccccc1C. The second-order valence-electron chi connectivity index (χ2n) is 7.13. The number of imidazole rings is 1. The summed E-state index contributed by atoms with van der Waals surface area (Å²) < 4.78 is 11.8. The number of benzene rings is 3. The van der Waals surface area contributed by atoms with Crippen LogP contribution in [-0.4, -0.2) is 16.6 Å². The van der Waals surface area contributed by atoms with Crippen molar-refractivity contribution in [2.24, 2.45) is 0 Å². The molecule has 5 nitrogen and oxygen atoms in total. The number of aromatic nitrogens is 2. The number of H-pyrrole nitrogens is 1. The lowest BCUT2D eigenvalue weighted by Crippen LogP contribution is -2.01. The highest BCUT2D eigenvalue weighted by Gasteiger charge is 2.11. The molecule has 0 amide bonds. The van der Waals surface area contributed by atoms with E-state index in [1.807, 2.05) is 61.5 Å². The maximum absolute atomic E-state index is 9.70. The Morgan fingerprint density at radius 3 is 2.61 bits per heavy atom. The average Bonchev–Trinajstić information content (AvgIpc) is 3.22. The van der Waals surface area contributed by atoms with Gasteiger partial charge in [0.25, 0.3) is 0 Å². The zero-order valence-corrected chi connectivity index (χ0v) is 17.6. The second-order valence-corrected chi connectivity index (χ2v) is 7.13. The molecule has 0 aliphatic rings. The normalized spacial score (nSPS) is 11.3. The van der Waals surface area contributed by atoms with Gasteiger partial charge in [-0.2, -0.15) is 5.26 Å². The van der Waals surface area contributed by atoms with E-state index in [9.17, 15) is 5.26 Å². The molecule has 5 heteroatoms. The van der Waals surface area contributed by atoms with Gasteiger partial charge in [-0.15, -0.1) is 0 Å². The summed E-state index contributed by atoms with van der Waals surface area (Å²) in [6.45, 7) is 4.98. The Kier molecular flexibility index (Phi) is 6.00. The zero-order chi connectivity index (χ0) is 21.6. The van der Waals surface area contributed by atoms with Crippen molar-refractivity contribution >= 4 is 22.7 Å². The molecule has 0 saturated heterocycles. The third-order valence-corrected chi connectivity index (χ3v) is 4.99. The highest BCUT2D eigenvalue weighted by Crippen LogP contribution is 2.31. The Hall–Kier alpha value is -4.04. The summed E-state index contributed by atoms with van der Waals surface area (Å²) in [5.74, 6) is 1.86. The molecule has 1 heterocycles. The fourth-order valence-electron chi connectivity index (χ4n) is 3.33. The Balaban J connectivity index is 1.61. The summed E-state index contributed by atoms with van der Waals surface area (Å²) in [4.78, 5) is 7.73. The fraction of sp³-hybridized carbons (Fsp3) is 0.154. The topological polar surface area (TPSA) is 70.9 Å². The van der Waals surface area contributed by atoms with Crippen molar-refractivity contribution in [1.29, 1.82) is 5.26 Å². The molecule has 0 atom stereocenters. The van der Waals surface area contributed by atoms with Crippen LogP contribution in [0, 0.1) is 18.3 Å². The largest absolute Gasteiger partial charge is 0.490 e. The molecule has 0 unspecified atom stereocenters. The summed E-state index contributed by atoms with van der Waals surface area (Å²) in [6.07, 6.45) is 1.80. The van der Waals surface area contributed by atoms with Crippen molar-refractivity contribution in [3.8, 4) is 17.6 Å². The molecule has 0 spiro atoms. The van der Waals surface area contributed by atoms with Crippen molar-refractivity contribution < 1.29 is 9.47 Å². The molecule has 0 fully saturated rings. The van der Waals surface area contributed by atoms with E-state index in [1.165, 1.54) is 5.56 Å². The summed E-state index contributed by atoms with van der Waals surface area (Å²) in [6, 6.07) is 23.8. The van der Waals surface area contributed by atoms with Crippen LogP contribution in [0.25, 0.3) is 22.7 Å². The molecule has 0 aliphatic carbocycles. The summed E-state index contributed by atoms with van der Waals surface area (Å²) in [5, 5.41) is 9.70. The minimum Gasteiger partial charge on any atom is -0.490 e. The minimum atomic E-state index is 0.451. The number of hydrogen-bond donors (Lipinski definition) is 1. The third-order valence-electron chi connectivity index (χ3n) is 4.99. The zero-order valence-electron chi connectivity index (χ0n) is 17.6. The summed E-state index contributed by atoms with van der Waals surface area (Å²) in [5.41, 5.74) is 5.33. The molecule has 0 aliphatic heterocycles. The monoisotopic (exact) mass is 409 g/mol. The number of para-hydroxylation sites is 2. The molecule has 31 heavy (non-hydrogen) atoms.